The van der Waals surface area contributed by atoms with E-state index in [9.17, 15) is 9.59 Å². The standard InChI is InChI=1S/C18H17N3O4/c22-17(20-13-3-6-15-16(11-13)25-10-9-24-15)12-1-4-14(5-2-12)21-8-7-19-18(21)23/h1-6,11H,7-10H2,(H,19,23)(H,20,22). The first kappa shape index (κ1) is 15.3. The van der Waals surface area contributed by atoms with Crippen molar-refractivity contribution in [1.29, 1.82) is 0 Å². The lowest BCUT2D eigenvalue weighted by Gasteiger charge is -2.19. The number of ether oxygens (including phenoxy) is 2. The van der Waals surface area contributed by atoms with Crippen LogP contribution in [0.2, 0.25) is 0 Å². The van der Waals surface area contributed by atoms with Crippen LogP contribution in [0.15, 0.2) is 42.5 Å². The number of rotatable bonds is 3. The van der Waals surface area contributed by atoms with Crippen molar-refractivity contribution in [2.45, 2.75) is 0 Å². The molecule has 2 aliphatic heterocycles. The molecular formula is C18H17N3O4. The van der Waals surface area contributed by atoms with Crippen molar-refractivity contribution in [1.82, 2.24) is 5.32 Å². The smallest absolute Gasteiger partial charge is 0.321 e. The van der Waals surface area contributed by atoms with Gasteiger partial charge in [-0.05, 0) is 36.4 Å². The number of nitrogens with zero attached hydrogens (tertiary/aromatic N) is 1. The maximum atomic E-state index is 12.4. The minimum atomic E-state index is -0.228. The molecule has 2 aromatic carbocycles. The maximum Gasteiger partial charge on any atom is 0.321 e. The first-order valence-electron chi connectivity index (χ1n) is 8.07. The number of carbonyl (C=O) groups excluding carboxylic acids is 2. The molecular weight excluding hydrogens is 322 g/mol. The third-order valence-corrected chi connectivity index (χ3v) is 4.10. The van der Waals surface area contributed by atoms with Crippen molar-refractivity contribution in [3.8, 4) is 11.5 Å². The first-order valence-corrected chi connectivity index (χ1v) is 8.07. The van der Waals surface area contributed by atoms with Crippen LogP contribution in [0, 0.1) is 0 Å². The Morgan fingerprint density at radius 1 is 1.04 bits per heavy atom. The summed E-state index contributed by atoms with van der Waals surface area (Å²) >= 11 is 0. The third-order valence-electron chi connectivity index (χ3n) is 4.10. The van der Waals surface area contributed by atoms with E-state index in [1.165, 1.54) is 0 Å². The summed E-state index contributed by atoms with van der Waals surface area (Å²) in [4.78, 5) is 25.7. The van der Waals surface area contributed by atoms with E-state index >= 15 is 0 Å². The number of hydrogen-bond donors (Lipinski definition) is 2. The quantitative estimate of drug-likeness (QED) is 0.899. The molecule has 0 aromatic heterocycles. The Labute approximate surface area is 144 Å². The lowest BCUT2D eigenvalue weighted by Crippen LogP contribution is -2.27. The highest BCUT2D eigenvalue weighted by Crippen LogP contribution is 2.32. The van der Waals surface area contributed by atoms with Crippen molar-refractivity contribution >= 4 is 23.3 Å². The van der Waals surface area contributed by atoms with Crippen LogP contribution < -0.4 is 25.0 Å². The summed E-state index contributed by atoms with van der Waals surface area (Å²) in [5, 5.41) is 5.59. The number of hydrogen-bond acceptors (Lipinski definition) is 4. The van der Waals surface area contributed by atoms with Gasteiger partial charge in [0.2, 0.25) is 0 Å². The van der Waals surface area contributed by atoms with E-state index in [1.807, 2.05) is 0 Å². The fourth-order valence-electron chi connectivity index (χ4n) is 2.84. The Bertz CT molecular complexity index is 820. The molecule has 25 heavy (non-hydrogen) atoms. The molecule has 2 aromatic rings. The van der Waals surface area contributed by atoms with Crippen LogP contribution in [0.3, 0.4) is 0 Å². The molecule has 0 atom stereocenters. The summed E-state index contributed by atoms with van der Waals surface area (Å²) in [5.74, 6) is 1.08. The van der Waals surface area contributed by atoms with Gasteiger partial charge in [0.05, 0.1) is 0 Å². The first-order chi connectivity index (χ1) is 12.2. The Kier molecular flexibility index (Phi) is 3.89. The van der Waals surface area contributed by atoms with Crippen LogP contribution in [-0.2, 0) is 0 Å². The molecule has 0 spiro atoms. The summed E-state index contributed by atoms with van der Waals surface area (Å²) in [6, 6.07) is 12.1. The molecule has 2 aliphatic rings. The Balaban J connectivity index is 1.47. The van der Waals surface area contributed by atoms with E-state index in [0.29, 0.717) is 49.1 Å². The Hall–Kier alpha value is -3.22. The highest BCUT2D eigenvalue weighted by atomic mass is 16.6. The van der Waals surface area contributed by atoms with Gasteiger partial charge in [0, 0.05) is 36.1 Å². The van der Waals surface area contributed by atoms with Crippen molar-refractivity contribution in [2.75, 3.05) is 36.5 Å². The summed E-state index contributed by atoms with van der Waals surface area (Å²) in [7, 11) is 0. The molecule has 1 fully saturated rings. The topological polar surface area (TPSA) is 79.9 Å². The number of anilines is 2. The van der Waals surface area contributed by atoms with Gasteiger partial charge in [-0.3, -0.25) is 9.69 Å². The molecule has 0 radical (unpaired) electrons. The molecule has 0 aliphatic carbocycles. The van der Waals surface area contributed by atoms with Gasteiger partial charge in [-0.2, -0.15) is 0 Å². The van der Waals surface area contributed by atoms with Gasteiger partial charge in [0.25, 0.3) is 5.91 Å². The van der Waals surface area contributed by atoms with Gasteiger partial charge < -0.3 is 20.1 Å². The predicted octanol–water partition coefficient (Wildman–Crippen LogP) is 2.24. The average Bonchev–Trinajstić information content (AvgIpc) is 3.08. The number of nitrogens with one attached hydrogen (secondary N) is 2. The van der Waals surface area contributed by atoms with Crippen LogP contribution in [0.4, 0.5) is 16.2 Å². The lowest BCUT2D eigenvalue weighted by atomic mass is 10.1. The molecule has 2 N–H and O–H groups in total. The van der Waals surface area contributed by atoms with E-state index < -0.39 is 0 Å². The summed E-state index contributed by atoms with van der Waals surface area (Å²) in [6.45, 7) is 2.28. The van der Waals surface area contributed by atoms with Gasteiger partial charge in [-0.15, -0.1) is 0 Å². The predicted molar refractivity (Wildman–Crippen MR) is 92.6 cm³/mol. The van der Waals surface area contributed by atoms with Crippen molar-refractivity contribution in [3.05, 3.63) is 48.0 Å². The second-order valence-corrected chi connectivity index (χ2v) is 5.74. The van der Waals surface area contributed by atoms with Crippen LogP contribution in [0.5, 0.6) is 11.5 Å². The molecule has 128 valence electrons. The summed E-state index contributed by atoms with van der Waals surface area (Å²) < 4.78 is 11.0. The van der Waals surface area contributed by atoms with Crippen LogP contribution in [0.1, 0.15) is 10.4 Å². The van der Waals surface area contributed by atoms with E-state index in [0.717, 1.165) is 5.69 Å². The van der Waals surface area contributed by atoms with Crippen LogP contribution in [0.25, 0.3) is 0 Å². The molecule has 7 nitrogen and oxygen atoms in total. The summed E-state index contributed by atoms with van der Waals surface area (Å²) in [5.41, 5.74) is 1.92. The van der Waals surface area contributed by atoms with E-state index in [1.54, 1.807) is 47.4 Å². The molecule has 7 heteroatoms. The van der Waals surface area contributed by atoms with Gasteiger partial charge >= 0.3 is 6.03 Å². The molecule has 0 unspecified atom stereocenters. The van der Waals surface area contributed by atoms with E-state index in [2.05, 4.69) is 10.6 Å². The minimum absolute atomic E-state index is 0.117. The van der Waals surface area contributed by atoms with Crippen molar-refractivity contribution in [2.24, 2.45) is 0 Å². The van der Waals surface area contributed by atoms with E-state index in [4.69, 9.17) is 9.47 Å². The molecule has 3 amide bonds. The lowest BCUT2D eigenvalue weighted by molar-refractivity contribution is 0.102. The minimum Gasteiger partial charge on any atom is -0.486 e. The van der Waals surface area contributed by atoms with Gasteiger partial charge in [-0.1, -0.05) is 0 Å². The van der Waals surface area contributed by atoms with Crippen LogP contribution >= 0.6 is 0 Å². The van der Waals surface area contributed by atoms with Gasteiger partial charge in [-0.25, -0.2) is 4.79 Å². The fourth-order valence-corrected chi connectivity index (χ4v) is 2.84. The zero-order valence-corrected chi connectivity index (χ0v) is 13.5. The highest BCUT2D eigenvalue weighted by Gasteiger charge is 2.21. The maximum absolute atomic E-state index is 12.4. The van der Waals surface area contributed by atoms with E-state index in [-0.39, 0.29) is 11.9 Å². The summed E-state index contributed by atoms with van der Waals surface area (Å²) in [6.07, 6.45) is 0. The third kappa shape index (κ3) is 3.08. The number of urea groups is 1. The normalized spacial score (nSPS) is 15.7. The van der Waals surface area contributed by atoms with Crippen molar-refractivity contribution < 1.29 is 19.1 Å². The van der Waals surface area contributed by atoms with Gasteiger partial charge in [0.15, 0.2) is 11.5 Å². The molecule has 2 heterocycles. The average molecular weight is 339 g/mol. The fraction of sp³-hybridized carbons (Fsp3) is 0.222. The molecule has 0 bridgehead atoms. The largest absolute Gasteiger partial charge is 0.486 e. The van der Waals surface area contributed by atoms with Crippen molar-refractivity contribution in [3.63, 3.8) is 0 Å². The molecule has 1 saturated heterocycles. The number of fused-ring (bicyclic) bond motifs is 1. The number of benzene rings is 2. The number of carbonyl (C=O) groups is 2. The SMILES string of the molecule is O=C(Nc1ccc2c(c1)OCCO2)c1ccc(N2CCNC2=O)cc1. The van der Waals surface area contributed by atoms with Crippen LogP contribution in [-0.4, -0.2) is 38.2 Å². The Morgan fingerprint density at radius 2 is 1.80 bits per heavy atom. The monoisotopic (exact) mass is 339 g/mol. The Morgan fingerprint density at radius 3 is 2.52 bits per heavy atom. The number of amides is 3. The zero-order chi connectivity index (χ0) is 17.2. The van der Waals surface area contributed by atoms with Gasteiger partial charge in [0.1, 0.15) is 13.2 Å². The highest BCUT2D eigenvalue weighted by molar-refractivity contribution is 6.05. The second-order valence-electron chi connectivity index (χ2n) is 5.74. The zero-order valence-electron chi connectivity index (χ0n) is 13.5. The molecule has 0 saturated carbocycles. The second kappa shape index (κ2) is 6.35. The molecule has 4 rings (SSSR count).